The maximum atomic E-state index is 10.6. The standard InChI is InChI=1S/C14H18N2O2/c1-18-11-6-7-12-10(9-16-13(12)8-11)4-2-3-5-14(15)17/h6-9,16H,2-5H2,1H3,(H2,15,17). The Morgan fingerprint density at radius 1 is 1.39 bits per heavy atom. The van der Waals surface area contributed by atoms with Crippen LogP contribution in [-0.4, -0.2) is 18.0 Å². The van der Waals surface area contributed by atoms with Gasteiger partial charge in [0.25, 0.3) is 0 Å². The van der Waals surface area contributed by atoms with Crippen LogP contribution in [0.1, 0.15) is 24.8 Å². The van der Waals surface area contributed by atoms with E-state index in [2.05, 4.69) is 11.1 Å². The maximum Gasteiger partial charge on any atom is 0.217 e. The van der Waals surface area contributed by atoms with E-state index < -0.39 is 0 Å². The van der Waals surface area contributed by atoms with Crippen molar-refractivity contribution in [1.29, 1.82) is 0 Å². The number of rotatable bonds is 6. The Morgan fingerprint density at radius 3 is 2.94 bits per heavy atom. The summed E-state index contributed by atoms with van der Waals surface area (Å²) < 4.78 is 5.19. The van der Waals surface area contributed by atoms with Gasteiger partial charge >= 0.3 is 0 Å². The Morgan fingerprint density at radius 2 is 2.22 bits per heavy atom. The number of fused-ring (bicyclic) bond motifs is 1. The Bertz CT molecular complexity index is 546. The number of H-pyrrole nitrogens is 1. The second-order valence-corrected chi connectivity index (χ2v) is 4.40. The predicted octanol–water partition coefficient (Wildman–Crippen LogP) is 2.37. The maximum absolute atomic E-state index is 10.6. The van der Waals surface area contributed by atoms with Crippen molar-refractivity contribution in [3.63, 3.8) is 0 Å². The number of nitrogens with two attached hydrogens (primary N) is 1. The molecule has 0 aliphatic rings. The zero-order valence-electron chi connectivity index (χ0n) is 10.5. The molecule has 1 aromatic heterocycles. The summed E-state index contributed by atoms with van der Waals surface area (Å²) in [5, 5.41) is 1.22. The van der Waals surface area contributed by atoms with Crippen molar-refractivity contribution >= 4 is 16.8 Å². The SMILES string of the molecule is COc1ccc2c(CCCCC(N)=O)c[nH]c2c1. The van der Waals surface area contributed by atoms with Crippen LogP contribution in [0.4, 0.5) is 0 Å². The Labute approximate surface area is 106 Å². The average molecular weight is 246 g/mol. The van der Waals surface area contributed by atoms with Gasteiger partial charge in [0, 0.05) is 29.6 Å². The van der Waals surface area contributed by atoms with Crippen LogP contribution in [0.3, 0.4) is 0 Å². The van der Waals surface area contributed by atoms with Gasteiger partial charge in [0.2, 0.25) is 5.91 Å². The number of hydrogen-bond acceptors (Lipinski definition) is 2. The number of primary amides is 1. The van der Waals surface area contributed by atoms with Crippen molar-refractivity contribution in [1.82, 2.24) is 4.98 Å². The zero-order chi connectivity index (χ0) is 13.0. The third-order valence-electron chi connectivity index (χ3n) is 3.09. The fourth-order valence-corrected chi connectivity index (χ4v) is 2.11. The van der Waals surface area contributed by atoms with E-state index in [4.69, 9.17) is 10.5 Å². The summed E-state index contributed by atoms with van der Waals surface area (Å²) >= 11 is 0. The highest BCUT2D eigenvalue weighted by atomic mass is 16.5. The van der Waals surface area contributed by atoms with Crippen LogP contribution < -0.4 is 10.5 Å². The molecule has 2 aromatic rings. The topological polar surface area (TPSA) is 68.1 Å². The monoisotopic (exact) mass is 246 g/mol. The summed E-state index contributed by atoms with van der Waals surface area (Å²) in [6.45, 7) is 0. The Balaban J connectivity index is 2.03. The highest BCUT2D eigenvalue weighted by Crippen LogP contribution is 2.24. The number of carbonyl (C=O) groups is 1. The number of methoxy groups -OCH3 is 1. The average Bonchev–Trinajstić information content (AvgIpc) is 2.76. The van der Waals surface area contributed by atoms with Crippen molar-refractivity contribution in [2.24, 2.45) is 5.73 Å². The number of aromatic amines is 1. The van der Waals surface area contributed by atoms with Crippen LogP contribution in [-0.2, 0) is 11.2 Å². The normalized spacial score (nSPS) is 10.7. The first-order valence-electron chi connectivity index (χ1n) is 6.13. The van der Waals surface area contributed by atoms with Crippen LogP contribution in [0.5, 0.6) is 5.75 Å². The van der Waals surface area contributed by atoms with E-state index in [1.807, 2.05) is 18.3 Å². The molecule has 0 saturated heterocycles. The molecule has 0 fully saturated rings. The molecule has 4 heteroatoms. The minimum absolute atomic E-state index is 0.223. The van der Waals surface area contributed by atoms with Gasteiger partial charge in [0.15, 0.2) is 0 Å². The molecular weight excluding hydrogens is 228 g/mol. The summed E-state index contributed by atoms with van der Waals surface area (Å²) in [5.74, 6) is 0.628. The van der Waals surface area contributed by atoms with E-state index in [-0.39, 0.29) is 5.91 Å². The number of carbonyl (C=O) groups excluding carboxylic acids is 1. The lowest BCUT2D eigenvalue weighted by molar-refractivity contribution is -0.118. The summed E-state index contributed by atoms with van der Waals surface area (Å²) in [4.78, 5) is 13.9. The number of hydrogen-bond donors (Lipinski definition) is 2. The van der Waals surface area contributed by atoms with Crippen molar-refractivity contribution in [2.45, 2.75) is 25.7 Å². The molecule has 0 saturated carbocycles. The molecule has 0 unspecified atom stereocenters. The molecule has 0 spiro atoms. The summed E-state index contributed by atoms with van der Waals surface area (Å²) in [7, 11) is 1.66. The molecule has 96 valence electrons. The lowest BCUT2D eigenvalue weighted by atomic mass is 10.1. The van der Waals surface area contributed by atoms with Crippen LogP contribution in [0.25, 0.3) is 10.9 Å². The van der Waals surface area contributed by atoms with Crippen molar-refractivity contribution < 1.29 is 9.53 Å². The number of aryl methyl sites for hydroxylation is 1. The van der Waals surface area contributed by atoms with Crippen LogP contribution in [0, 0.1) is 0 Å². The fourth-order valence-electron chi connectivity index (χ4n) is 2.11. The molecule has 1 aromatic carbocycles. The number of aromatic nitrogens is 1. The van der Waals surface area contributed by atoms with Crippen LogP contribution in [0.2, 0.25) is 0 Å². The van der Waals surface area contributed by atoms with Crippen molar-refractivity contribution in [3.8, 4) is 5.75 Å². The molecule has 0 aliphatic heterocycles. The molecule has 0 aliphatic carbocycles. The number of benzene rings is 1. The van der Waals surface area contributed by atoms with Crippen LogP contribution >= 0.6 is 0 Å². The van der Waals surface area contributed by atoms with Crippen molar-refractivity contribution in [2.75, 3.05) is 7.11 Å². The smallest absolute Gasteiger partial charge is 0.217 e. The number of amides is 1. The molecule has 0 atom stereocenters. The predicted molar refractivity (Wildman–Crippen MR) is 71.6 cm³/mol. The number of unbranched alkanes of at least 4 members (excludes halogenated alkanes) is 1. The van der Waals surface area contributed by atoms with E-state index in [0.29, 0.717) is 6.42 Å². The minimum Gasteiger partial charge on any atom is -0.497 e. The first-order chi connectivity index (χ1) is 8.70. The number of nitrogens with one attached hydrogen (secondary N) is 1. The Hall–Kier alpha value is -1.97. The third-order valence-corrected chi connectivity index (χ3v) is 3.09. The molecule has 0 radical (unpaired) electrons. The summed E-state index contributed by atoms with van der Waals surface area (Å²) in [6, 6.07) is 6.01. The Kier molecular flexibility index (Phi) is 3.87. The van der Waals surface area contributed by atoms with Gasteiger partial charge in [0.05, 0.1) is 7.11 Å². The molecule has 1 heterocycles. The quantitative estimate of drug-likeness (QED) is 0.768. The first-order valence-corrected chi connectivity index (χ1v) is 6.13. The van der Waals surface area contributed by atoms with E-state index in [1.54, 1.807) is 7.11 Å². The molecule has 1 amide bonds. The summed E-state index contributed by atoms with van der Waals surface area (Å²) in [5.41, 5.74) is 7.47. The van der Waals surface area contributed by atoms with Gasteiger partial charge in [-0.1, -0.05) is 0 Å². The largest absolute Gasteiger partial charge is 0.497 e. The molecule has 2 rings (SSSR count). The van der Waals surface area contributed by atoms with E-state index in [0.717, 1.165) is 30.5 Å². The summed E-state index contributed by atoms with van der Waals surface area (Å²) in [6.07, 6.45) is 5.27. The van der Waals surface area contributed by atoms with Gasteiger partial charge in [-0.15, -0.1) is 0 Å². The highest BCUT2D eigenvalue weighted by molar-refractivity contribution is 5.84. The minimum atomic E-state index is -0.223. The molecular formula is C14H18N2O2. The molecule has 4 nitrogen and oxygen atoms in total. The molecule has 18 heavy (non-hydrogen) atoms. The number of ether oxygens (including phenoxy) is 1. The lowest BCUT2D eigenvalue weighted by Crippen LogP contribution is -2.09. The van der Waals surface area contributed by atoms with Gasteiger partial charge in [-0.25, -0.2) is 0 Å². The van der Waals surface area contributed by atoms with E-state index >= 15 is 0 Å². The van der Waals surface area contributed by atoms with E-state index in [9.17, 15) is 4.79 Å². The third kappa shape index (κ3) is 2.83. The fraction of sp³-hybridized carbons (Fsp3) is 0.357. The highest BCUT2D eigenvalue weighted by Gasteiger charge is 2.05. The lowest BCUT2D eigenvalue weighted by Gasteiger charge is -2.01. The molecule has 3 N–H and O–H groups in total. The van der Waals surface area contributed by atoms with Gasteiger partial charge in [-0.3, -0.25) is 4.79 Å². The second-order valence-electron chi connectivity index (χ2n) is 4.40. The van der Waals surface area contributed by atoms with Crippen molar-refractivity contribution in [3.05, 3.63) is 30.0 Å². The zero-order valence-corrected chi connectivity index (χ0v) is 10.5. The van der Waals surface area contributed by atoms with Gasteiger partial charge in [-0.05, 0) is 37.0 Å². The van der Waals surface area contributed by atoms with Gasteiger partial charge in [-0.2, -0.15) is 0 Å². The van der Waals surface area contributed by atoms with Crippen LogP contribution in [0.15, 0.2) is 24.4 Å². The second kappa shape index (κ2) is 5.58. The first kappa shape index (κ1) is 12.5. The van der Waals surface area contributed by atoms with Gasteiger partial charge < -0.3 is 15.5 Å². The van der Waals surface area contributed by atoms with Gasteiger partial charge in [0.1, 0.15) is 5.75 Å². The molecule has 0 bridgehead atoms. The van der Waals surface area contributed by atoms with E-state index in [1.165, 1.54) is 10.9 Å².